The van der Waals surface area contributed by atoms with Crippen molar-refractivity contribution in [1.29, 1.82) is 0 Å². The molecule has 1 N–H and O–H groups in total. The number of hydrogen-bond acceptors (Lipinski definition) is 6. The fourth-order valence-corrected chi connectivity index (χ4v) is 4.68. The summed E-state index contributed by atoms with van der Waals surface area (Å²) in [6.45, 7) is 7.26. The highest BCUT2D eigenvalue weighted by Gasteiger charge is 2.40. The molecule has 0 saturated heterocycles. The van der Waals surface area contributed by atoms with Crippen molar-refractivity contribution in [3.05, 3.63) is 28.8 Å². The van der Waals surface area contributed by atoms with Crippen LogP contribution < -0.4 is 14.8 Å². The third kappa shape index (κ3) is 3.69. The summed E-state index contributed by atoms with van der Waals surface area (Å²) in [5, 5.41) is 13.8. The van der Waals surface area contributed by atoms with Gasteiger partial charge in [-0.25, -0.2) is 0 Å². The Balaban J connectivity index is 1.83. The number of aromatic nitrogens is 2. The molecule has 26 heavy (non-hydrogen) atoms. The summed E-state index contributed by atoms with van der Waals surface area (Å²) in [4.78, 5) is 0.541. The second-order valence-electron chi connectivity index (χ2n) is 6.35. The van der Waals surface area contributed by atoms with Crippen molar-refractivity contribution in [2.75, 3.05) is 18.5 Å². The number of anilines is 1. The van der Waals surface area contributed by atoms with Gasteiger partial charge in [0.15, 0.2) is 0 Å². The zero-order chi connectivity index (χ0) is 18.6. The van der Waals surface area contributed by atoms with E-state index < -0.39 is 0 Å². The largest absolute Gasteiger partial charge is 0.493 e. The van der Waals surface area contributed by atoms with Gasteiger partial charge in [0, 0.05) is 5.41 Å². The molecule has 0 radical (unpaired) electrons. The molecule has 0 bridgehead atoms. The maximum Gasteiger partial charge on any atom is 0.210 e. The molecule has 0 aliphatic heterocycles. The molecule has 0 spiro atoms. The maximum absolute atomic E-state index is 5.75. The van der Waals surface area contributed by atoms with Crippen molar-refractivity contribution < 1.29 is 9.47 Å². The van der Waals surface area contributed by atoms with E-state index in [4.69, 9.17) is 21.7 Å². The average Bonchev–Trinajstić information content (AvgIpc) is 3.04. The van der Waals surface area contributed by atoms with Gasteiger partial charge in [-0.15, -0.1) is 10.2 Å². The van der Waals surface area contributed by atoms with E-state index in [-0.39, 0.29) is 5.41 Å². The van der Waals surface area contributed by atoms with Crippen LogP contribution in [0.1, 0.15) is 57.0 Å². The van der Waals surface area contributed by atoms with Gasteiger partial charge in [-0.3, -0.25) is 0 Å². The highest BCUT2D eigenvalue weighted by atomic mass is 32.1. The number of nitrogens with zero attached hydrogens (tertiary/aromatic N) is 2. The van der Waals surface area contributed by atoms with E-state index in [2.05, 4.69) is 22.4 Å². The Hall–Kier alpha value is -1.73. The Bertz CT molecular complexity index is 742. The maximum atomic E-state index is 5.75. The Morgan fingerprint density at radius 1 is 1.15 bits per heavy atom. The normalized spacial score (nSPS) is 15.2. The number of ether oxygens (including phenoxy) is 2. The predicted molar refractivity (Wildman–Crippen MR) is 110 cm³/mol. The Morgan fingerprint density at radius 2 is 1.81 bits per heavy atom. The molecule has 2 aromatic rings. The average molecular weight is 392 g/mol. The van der Waals surface area contributed by atoms with Gasteiger partial charge in [-0.05, 0) is 45.2 Å². The first-order valence-electron chi connectivity index (χ1n) is 9.17. The van der Waals surface area contributed by atoms with Crippen LogP contribution in [0.3, 0.4) is 0 Å². The van der Waals surface area contributed by atoms with Crippen molar-refractivity contribution in [3.8, 4) is 11.5 Å². The lowest BCUT2D eigenvalue weighted by atomic mass is 9.67. The summed E-state index contributed by atoms with van der Waals surface area (Å²) < 4.78 is 11.5. The fraction of sp³-hybridized carbons (Fsp3) is 0.526. The molecular weight excluding hydrogens is 366 g/mol. The van der Waals surface area contributed by atoms with Gasteiger partial charge in [0.05, 0.1) is 18.8 Å². The van der Waals surface area contributed by atoms with Gasteiger partial charge in [0.25, 0.3) is 0 Å². The van der Waals surface area contributed by atoms with Gasteiger partial charge in [-0.2, -0.15) is 0 Å². The quantitative estimate of drug-likeness (QED) is 0.642. The van der Waals surface area contributed by atoms with E-state index in [0.717, 1.165) is 22.1 Å². The minimum atomic E-state index is 0.221. The van der Waals surface area contributed by atoms with Crippen LogP contribution in [0.25, 0.3) is 0 Å². The molecule has 1 aromatic carbocycles. The first-order valence-corrected chi connectivity index (χ1v) is 10.4. The van der Waals surface area contributed by atoms with Crippen LogP contribution in [0, 0.1) is 0 Å². The summed E-state index contributed by atoms with van der Waals surface area (Å²) in [5.74, 6) is 1.43. The first-order chi connectivity index (χ1) is 12.6. The first kappa shape index (κ1) is 19.0. The van der Waals surface area contributed by atoms with Crippen molar-refractivity contribution in [2.24, 2.45) is 0 Å². The van der Waals surface area contributed by atoms with Crippen LogP contribution in [0.2, 0.25) is 0 Å². The van der Waals surface area contributed by atoms with E-state index in [9.17, 15) is 0 Å². The second-order valence-corrected chi connectivity index (χ2v) is 7.74. The molecule has 1 aliphatic carbocycles. The third-order valence-electron chi connectivity index (χ3n) is 4.90. The van der Waals surface area contributed by atoms with Crippen molar-refractivity contribution in [2.45, 2.75) is 51.9 Å². The van der Waals surface area contributed by atoms with E-state index >= 15 is 0 Å². The predicted octanol–water partition coefficient (Wildman–Crippen LogP) is 4.95. The van der Waals surface area contributed by atoms with Crippen LogP contribution in [0.15, 0.2) is 18.2 Å². The zero-order valence-corrected chi connectivity index (χ0v) is 17.1. The molecule has 3 rings (SSSR count). The van der Waals surface area contributed by atoms with Crippen LogP contribution in [-0.2, 0) is 5.41 Å². The lowest BCUT2D eigenvalue weighted by Crippen LogP contribution is -2.33. The minimum absolute atomic E-state index is 0.221. The molecule has 1 aliphatic rings. The van der Waals surface area contributed by atoms with Crippen molar-refractivity contribution in [1.82, 2.24) is 10.2 Å². The lowest BCUT2D eigenvalue weighted by molar-refractivity contribution is 0.233. The summed E-state index contributed by atoms with van der Waals surface area (Å²) >= 11 is 7.25. The Labute approximate surface area is 164 Å². The molecule has 0 atom stereocenters. The molecular formula is C19H25N3O2S2. The molecule has 5 nitrogen and oxygen atoms in total. The zero-order valence-electron chi connectivity index (χ0n) is 15.5. The summed E-state index contributed by atoms with van der Waals surface area (Å²) in [6, 6.07) is 5.72. The van der Waals surface area contributed by atoms with Gasteiger partial charge < -0.3 is 14.8 Å². The second kappa shape index (κ2) is 8.31. The topological polar surface area (TPSA) is 56.3 Å². The molecule has 7 heteroatoms. The van der Waals surface area contributed by atoms with Gasteiger partial charge in [-0.1, -0.05) is 43.0 Å². The SMILES string of the molecule is CCOc1cccc(OCC)c1C(=S)Nc1nnc(C2(CC)CCC2)s1. The van der Waals surface area contributed by atoms with Crippen LogP contribution in [0.5, 0.6) is 11.5 Å². The van der Waals surface area contributed by atoms with Gasteiger partial charge >= 0.3 is 0 Å². The monoisotopic (exact) mass is 391 g/mol. The van der Waals surface area contributed by atoms with Crippen LogP contribution >= 0.6 is 23.6 Å². The highest BCUT2D eigenvalue weighted by molar-refractivity contribution is 7.81. The summed E-state index contributed by atoms with van der Waals surface area (Å²) in [7, 11) is 0. The highest BCUT2D eigenvalue weighted by Crippen LogP contribution is 2.47. The van der Waals surface area contributed by atoms with Crippen LogP contribution in [0.4, 0.5) is 5.13 Å². The molecule has 1 heterocycles. The number of hydrogen-bond donors (Lipinski definition) is 1. The van der Waals surface area contributed by atoms with E-state index in [1.54, 1.807) is 11.3 Å². The molecule has 140 valence electrons. The minimum Gasteiger partial charge on any atom is -0.493 e. The molecule has 0 unspecified atom stereocenters. The molecule has 1 aromatic heterocycles. The number of rotatable bonds is 8. The van der Waals surface area contributed by atoms with Crippen molar-refractivity contribution >= 4 is 33.7 Å². The standard InChI is InChI=1S/C19H25N3O2S2/c1-4-19(11-8-12-19)17-21-22-18(26-17)20-16(25)15-13(23-5-2)9-7-10-14(15)24-6-3/h7,9-10H,4-6,8,11-12H2,1-3H3,(H,20,22,25). The fourth-order valence-electron chi connectivity index (χ4n) is 3.26. The summed E-state index contributed by atoms with van der Waals surface area (Å²) in [5.41, 5.74) is 0.982. The molecule has 1 fully saturated rings. The van der Waals surface area contributed by atoms with Crippen LogP contribution in [-0.4, -0.2) is 28.4 Å². The smallest absolute Gasteiger partial charge is 0.210 e. The number of nitrogens with one attached hydrogen (secondary N) is 1. The van der Waals surface area contributed by atoms with Gasteiger partial charge in [0.2, 0.25) is 5.13 Å². The van der Waals surface area contributed by atoms with E-state index in [0.29, 0.717) is 29.7 Å². The third-order valence-corrected chi connectivity index (χ3v) is 6.29. The van der Waals surface area contributed by atoms with E-state index in [1.165, 1.54) is 19.3 Å². The Kier molecular flexibility index (Phi) is 6.09. The Morgan fingerprint density at radius 3 is 2.31 bits per heavy atom. The molecule has 0 amide bonds. The number of benzene rings is 1. The lowest BCUT2D eigenvalue weighted by Gasteiger charge is -2.38. The summed E-state index contributed by atoms with van der Waals surface area (Å²) in [6.07, 6.45) is 4.77. The number of thiocarbonyl (C=S) groups is 1. The van der Waals surface area contributed by atoms with Crippen molar-refractivity contribution in [3.63, 3.8) is 0 Å². The van der Waals surface area contributed by atoms with E-state index in [1.807, 2.05) is 32.0 Å². The van der Waals surface area contributed by atoms with Gasteiger partial charge in [0.1, 0.15) is 21.5 Å². The molecule has 1 saturated carbocycles.